The summed E-state index contributed by atoms with van der Waals surface area (Å²) in [4.78, 5) is 9.18. The van der Waals surface area contributed by atoms with E-state index in [0.29, 0.717) is 5.92 Å². The molecule has 0 atom stereocenters. The van der Waals surface area contributed by atoms with Crippen LogP contribution in [0.4, 0.5) is 0 Å². The van der Waals surface area contributed by atoms with Crippen molar-refractivity contribution in [2.24, 2.45) is 0 Å². The van der Waals surface area contributed by atoms with Crippen LogP contribution in [0, 0.1) is 12.1 Å². The van der Waals surface area contributed by atoms with E-state index in [-0.39, 0.29) is 20.1 Å². The smallest absolute Gasteiger partial charge is 0.128 e. The zero-order valence-corrected chi connectivity index (χ0v) is 34.1. The van der Waals surface area contributed by atoms with Crippen LogP contribution in [0.25, 0.3) is 55.6 Å². The van der Waals surface area contributed by atoms with Crippen LogP contribution < -0.4 is 10.4 Å². The standard InChI is InChI=1S/C29H28NOSi.C14H16NSi.Ir/c1-19(2)21-16-17-30-25(18-21)24-13-9-12-22-23-14-15-26(32(3,4)5)27(29(23)31-28(22)24)20-10-7-6-8-11-20;1-16(2,3)13-9-10-14(15-11-13)12-7-5-4-6-8-12;/h6-12,14-19H,1-5H3;4-7,9-11H,1-3H3;/q2*-1;. The van der Waals surface area contributed by atoms with Crippen LogP contribution in [-0.4, -0.2) is 26.1 Å². The molecule has 0 aliphatic heterocycles. The van der Waals surface area contributed by atoms with Crippen molar-refractivity contribution in [3.63, 3.8) is 0 Å². The first kappa shape index (κ1) is 36.3. The van der Waals surface area contributed by atoms with Gasteiger partial charge in [0.05, 0.1) is 21.7 Å². The van der Waals surface area contributed by atoms with Crippen molar-refractivity contribution in [1.29, 1.82) is 0 Å². The van der Waals surface area contributed by atoms with Crippen molar-refractivity contribution in [2.45, 2.75) is 59.0 Å². The molecule has 3 nitrogen and oxygen atoms in total. The molecule has 4 aromatic carbocycles. The molecule has 3 heterocycles. The molecular formula is C43H44IrN2OSi2-2. The van der Waals surface area contributed by atoms with Gasteiger partial charge < -0.3 is 14.4 Å². The second kappa shape index (κ2) is 14.9. The van der Waals surface area contributed by atoms with Crippen LogP contribution in [0.3, 0.4) is 0 Å². The van der Waals surface area contributed by atoms with Crippen LogP contribution in [0.1, 0.15) is 25.3 Å². The molecule has 0 aliphatic carbocycles. The number of rotatable bonds is 6. The van der Waals surface area contributed by atoms with E-state index < -0.39 is 16.1 Å². The second-order valence-corrected chi connectivity index (χ2v) is 24.9. The summed E-state index contributed by atoms with van der Waals surface area (Å²) < 4.78 is 6.71. The third-order valence-corrected chi connectivity index (χ3v) is 12.9. The SMILES string of the molecule is CC(C)c1ccnc(-c2[c-]ccc3c2oc2c(-c4ccccc4)c([Si](C)(C)C)ccc23)c1.C[Si](C)(C)c1ccc(-c2[c-]cccc2)nc1.[Ir]. The van der Waals surface area contributed by atoms with E-state index in [2.05, 4.69) is 148 Å². The Labute approximate surface area is 307 Å². The molecule has 7 aromatic rings. The van der Waals surface area contributed by atoms with Gasteiger partial charge in [0, 0.05) is 43.4 Å². The van der Waals surface area contributed by atoms with E-state index in [1.54, 1.807) is 0 Å². The minimum atomic E-state index is -1.60. The first-order valence-electron chi connectivity index (χ1n) is 16.8. The van der Waals surface area contributed by atoms with E-state index in [0.717, 1.165) is 44.5 Å². The Morgan fingerprint density at radius 3 is 2.02 bits per heavy atom. The molecule has 49 heavy (non-hydrogen) atoms. The number of hydrogen-bond donors (Lipinski definition) is 0. The van der Waals surface area contributed by atoms with E-state index >= 15 is 0 Å². The van der Waals surface area contributed by atoms with Gasteiger partial charge in [-0.15, -0.1) is 54.1 Å². The molecule has 3 aromatic heterocycles. The van der Waals surface area contributed by atoms with Crippen molar-refractivity contribution in [2.75, 3.05) is 0 Å². The van der Waals surface area contributed by atoms with Gasteiger partial charge in [0.2, 0.25) is 0 Å². The van der Waals surface area contributed by atoms with Gasteiger partial charge in [-0.05, 0) is 39.3 Å². The molecule has 251 valence electrons. The first-order chi connectivity index (χ1) is 22.9. The molecular weight excluding hydrogens is 809 g/mol. The van der Waals surface area contributed by atoms with E-state index in [1.807, 2.05) is 42.7 Å². The number of furan rings is 1. The van der Waals surface area contributed by atoms with Gasteiger partial charge in [-0.2, -0.15) is 0 Å². The molecule has 0 saturated carbocycles. The van der Waals surface area contributed by atoms with Crippen LogP contribution in [0.2, 0.25) is 39.3 Å². The van der Waals surface area contributed by atoms with Crippen molar-refractivity contribution in [3.05, 3.63) is 133 Å². The summed E-state index contributed by atoms with van der Waals surface area (Å²) in [6, 6.07) is 42.4. The normalized spacial score (nSPS) is 11.7. The fourth-order valence-electron chi connectivity index (χ4n) is 6.00. The monoisotopic (exact) mass is 853 g/mol. The van der Waals surface area contributed by atoms with Gasteiger partial charge in [0.1, 0.15) is 5.58 Å². The van der Waals surface area contributed by atoms with Gasteiger partial charge in [-0.3, -0.25) is 0 Å². The Kier molecular flexibility index (Phi) is 11.0. The Hall–Kier alpha value is -3.94. The number of hydrogen-bond acceptors (Lipinski definition) is 3. The summed E-state index contributed by atoms with van der Waals surface area (Å²) in [6.07, 6.45) is 3.90. The van der Waals surface area contributed by atoms with Gasteiger partial charge in [0.15, 0.2) is 0 Å². The molecule has 0 spiro atoms. The quantitative estimate of drug-likeness (QED) is 0.124. The summed E-state index contributed by atoms with van der Waals surface area (Å²) in [7, 11) is -2.83. The maximum Gasteiger partial charge on any atom is 0.128 e. The van der Waals surface area contributed by atoms with E-state index in [4.69, 9.17) is 4.42 Å². The van der Waals surface area contributed by atoms with Crippen molar-refractivity contribution in [1.82, 2.24) is 9.97 Å². The van der Waals surface area contributed by atoms with Crippen molar-refractivity contribution >= 4 is 48.5 Å². The van der Waals surface area contributed by atoms with Gasteiger partial charge in [0.25, 0.3) is 0 Å². The predicted octanol–water partition coefficient (Wildman–Crippen LogP) is 10.9. The third kappa shape index (κ3) is 7.94. The van der Waals surface area contributed by atoms with Crippen LogP contribution >= 0.6 is 0 Å². The Balaban J connectivity index is 0.000000233. The summed E-state index contributed by atoms with van der Waals surface area (Å²) >= 11 is 0. The predicted molar refractivity (Wildman–Crippen MR) is 210 cm³/mol. The topological polar surface area (TPSA) is 38.9 Å². The number of fused-ring (bicyclic) bond motifs is 3. The summed E-state index contributed by atoms with van der Waals surface area (Å²) in [5.74, 6) is 0.440. The maximum absolute atomic E-state index is 6.71. The maximum atomic E-state index is 6.71. The van der Waals surface area contributed by atoms with Crippen molar-refractivity contribution in [3.8, 4) is 33.6 Å². The molecule has 1 radical (unpaired) electrons. The Bertz CT molecular complexity index is 2160. The van der Waals surface area contributed by atoms with Gasteiger partial charge in [-0.1, -0.05) is 130 Å². The molecule has 0 N–H and O–H groups in total. The third-order valence-electron chi connectivity index (χ3n) is 8.79. The minimum absolute atomic E-state index is 0. The molecule has 7 rings (SSSR count). The van der Waals surface area contributed by atoms with Gasteiger partial charge >= 0.3 is 0 Å². The average Bonchev–Trinajstić information content (AvgIpc) is 3.47. The molecule has 0 saturated heterocycles. The van der Waals surface area contributed by atoms with E-state index in [9.17, 15) is 0 Å². The van der Waals surface area contributed by atoms with Crippen LogP contribution in [0.5, 0.6) is 0 Å². The molecule has 0 amide bonds. The average molecular weight is 853 g/mol. The summed E-state index contributed by atoms with van der Waals surface area (Å²) in [5.41, 5.74) is 9.43. The van der Waals surface area contributed by atoms with Crippen LogP contribution in [0.15, 0.2) is 120 Å². The Morgan fingerprint density at radius 1 is 0.653 bits per heavy atom. The zero-order valence-electron chi connectivity index (χ0n) is 29.7. The summed E-state index contributed by atoms with van der Waals surface area (Å²) in [5, 5.41) is 5.08. The number of nitrogens with zero attached hydrogens (tertiary/aromatic N) is 2. The fourth-order valence-corrected chi connectivity index (χ4v) is 8.63. The van der Waals surface area contributed by atoms with Crippen molar-refractivity contribution < 1.29 is 24.5 Å². The number of aromatic nitrogens is 2. The minimum Gasteiger partial charge on any atom is -0.500 e. The second-order valence-electron chi connectivity index (χ2n) is 14.8. The van der Waals surface area contributed by atoms with E-state index in [1.165, 1.54) is 27.1 Å². The van der Waals surface area contributed by atoms with Gasteiger partial charge in [-0.25, -0.2) is 0 Å². The molecule has 0 fully saturated rings. The van der Waals surface area contributed by atoms with Crippen LogP contribution in [-0.2, 0) is 20.1 Å². The molecule has 0 bridgehead atoms. The molecule has 0 unspecified atom stereocenters. The largest absolute Gasteiger partial charge is 0.500 e. The molecule has 6 heteroatoms. The summed E-state index contributed by atoms with van der Waals surface area (Å²) in [6.45, 7) is 18.6. The first-order valence-corrected chi connectivity index (χ1v) is 23.8. The number of pyridine rings is 2. The molecule has 0 aliphatic rings. The Morgan fingerprint density at radius 2 is 1.39 bits per heavy atom. The number of benzene rings is 4. The fraction of sp³-hybridized carbons (Fsp3) is 0.209. The zero-order chi connectivity index (χ0) is 34.1.